The fraction of sp³-hybridized carbons (Fsp3) is 0.933. The van der Waals surface area contributed by atoms with Gasteiger partial charge in [0, 0.05) is 13.7 Å². The van der Waals surface area contributed by atoms with Crippen molar-refractivity contribution in [1.82, 2.24) is 5.32 Å². The van der Waals surface area contributed by atoms with Crippen LogP contribution in [-0.4, -0.2) is 71.0 Å². The fourth-order valence-electron chi connectivity index (χ4n) is 2.13. The van der Waals surface area contributed by atoms with Gasteiger partial charge < -0.3 is 30.5 Å². The number of methoxy groups -OCH3 is 1. The summed E-state index contributed by atoms with van der Waals surface area (Å²) in [5, 5.41) is 40.1. The van der Waals surface area contributed by atoms with Crippen LogP contribution in [0.1, 0.15) is 45.4 Å². The summed E-state index contributed by atoms with van der Waals surface area (Å²) >= 11 is 0. The molecule has 7 nitrogen and oxygen atoms in total. The van der Waals surface area contributed by atoms with E-state index in [9.17, 15) is 20.1 Å². The maximum absolute atomic E-state index is 11.9. The Morgan fingerprint density at radius 1 is 1.05 bits per heavy atom. The molecule has 0 heterocycles. The number of carbonyl (C=O) groups excluding carboxylic acids is 1. The smallest absolute Gasteiger partial charge is 0.251 e. The van der Waals surface area contributed by atoms with E-state index in [4.69, 9.17) is 9.84 Å². The minimum Gasteiger partial charge on any atom is -0.394 e. The highest BCUT2D eigenvalue weighted by Gasteiger charge is 2.35. The molecule has 0 aromatic carbocycles. The van der Waals surface area contributed by atoms with Crippen molar-refractivity contribution in [2.45, 2.75) is 69.9 Å². The van der Waals surface area contributed by atoms with Crippen LogP contribution in [0.4, 0.5) is 0 Å². The molecular weight excluding hydrogens is 290 g/mol. The molecule has 0 fully saturated rings. The molecule has 22 heavy (non-hydrogen) atoms. The third-order valence-corrected chi connectivity index (χ3v) is 3.58. The van der Waals surface area contributed by atoms with Crippen LogP contribution < -0.4 is 5.32 Å². The lowest BCUT2D eigenvalue weighted by atomic mass is 10.0. The number of aliphatic hydroxyl groups excluding tert-OH is 4. The monoisotopic (exact) mass is 321 g/mol. The number of nitrogens with one attached hydrogen (secondary N) is 1. The highest BCUT2D eigenvalue weighted by atomic mass is 16.5. The summed E-state index contributed by atoms with van der Waals surface area (Å²) in [6.45, 7) is 1.91. The Hall–Kier alpha value is -0.730. The molecule has 0 aromatic heterocycles. The molecule has 7 heteroatoms. The van der Waals surface area contributed by atoms with E-state index in [0.29, 0.717) is 6.54 Å². The zero-order valence-electron chi connectivity index (χ0n) is 13.6. The molecule has 0 saturated heterocycles. The first kappa shape index (κ1) is 21.3. The maximum atomic E-state index is 11.9. The van der Waals surface area contributed by atoms with E-state index in [1.165, 1.54) is 26.4 Å². The summed E-state index contributed by atoms with van der Waals surface area (Å²) in [5.74, 6) is -0.548. The number of carbonyl (C=O) groups is 1. The molecule has 0 aliphatic rings. The molecule has 0 spiro atoms. The lowest BCUT2D eigenvalue weighted by Gasteiger charge is -2.27. The number of amides is 1. The van der Waals surface area contributed by atoms with Gasteiger partial charge in [-0.15, -0.1) is 0 Å². The predicted octanol–water partition coefficient (Wildman–Crippen LogP) is -0.447. The third-order valence-electron chi connectivity index (χ3n) is 3.58. The van der Waals surface area contributed by atoms with Crippen molar-refractivity contribution in [2.24, 2.45) is 0 Å². The van der Waals surface area contributed by atoms with E-state index in [2.05, 4.69) is 12.2 Å². The Labute approximate surface area is 132 Å². The zero-order chi connectivity index (χ0) is 17.0. The molecule has 4 atom stereocenters. The first-order chi connectivity index (χ1) is 10.5. The van der Waals surface area contributed by atoms with E-state index in [1.54, 1.807) is 0 Å². The van der Waals surface area contributed by atoms with Crippen LogP contribution in [-0.2, 0) is 9.53 Å². The first-order valence-corrected chi connectivity index (χ1v) is 7.95. The number of hydrogen-bond donors (Lipinski definition) is 5. The molecule has 0 aromatic rings. The molecule has 0 aliphatic heterocycles. The van der Waals surface area contributed by atoms with Gasteiger partial charge in [-0.1, -0.05) is 39.0 Å². The summed E-state index contributed by atoms with van der Waals surface area (Å²) in [5.41, 5.74) is 0. The number of rotatable bonds is 13. The Morgan fingerprint density at radius 2 is 1.64 bits per heavy atom. The van der Waals surface area contributed by atoms with Gasteiger partial charge in [-0.3, -0.25) is 4.79 Å². The van der Waals surface area contributed by atoms with Gasteiger partial charge in [0.15, 0.2) is 6.10 Å². The summed E-state index contributed by atoms with van der Waals surface area (Å²) < 4.78 is 4.89. The molecule has 0 saturated carbocycles. The highest BCUT2D eigenvalue weighted by Crippen LogP contribution is 2.09. The molecule has 5 N–H and O–H groups in total. The van der Waals surface area contributed by atoms with Crippen molar-refractivity contribution in [3.05, 3.63) is 0 Å². The standard InChI is InChI=1S/C15H31NO6/c1-3-4-5-6-7-8-9-16-15(21)14(22-2)13(20)12(19)11(18)10-17/h11-14,17-20H,3-10H2,1-2H3,(H,16,21)/t11-,12-,13+,14-/m1/s1. The molecule has 0 radical (unpaired) electrons. The first-order valence-electron chi connectivity index (χ1n) is 7.95. The van der Waals surface area contributed by atoms with Crippen LogP contribution >= 0.6 is 0 Å². The van der Waals surface area contributed by atoms with Crippen LogP contribution in [0.15, 0.2) is 0 Å². The Morgan fingerprint density at radius 3 is 2.18 bits per heavy atom. The van der Waals surface area contributed by atoms with Crippen molar-refractivity contribution in [2.75, 3.05) is 20.3 Å². The van der Waals surface area contributed by atoms with E-state index < -0.39 is 36.9 Å². The fourth-order valence-corrected chi connectivity index (χ4v) is 2.13. The second kappa shape index (κ2) is 12.8. The number of aliphatic hydroxyl groups is 4. The van der Waals surface area contributed by atoms with Crippen LogP contribution in [0, 0.1) is 0 Å². The van der Waals surface area contributed by atoms with Crippen LogP contribution in [0.2, 0.25) is 0 Å². The minimum absolute atomic E-state index is 0.468. The van der Waals surface area contributed by atoms with Gasteiger partial charge in [-0.2, -0.15) is 0 Å². The van der Waals surface area contributed by atoms with Gasteiger partial charge in [0.1, 0.15) is 18.3 Å². The van der Waals surface area contributed by atoms with Crippen molar-refractivity contribution in [1.29, 1.82) is 0 Å². The number of hydrogen-bond acceptors (Lipinski definition) is 6. The van der Waals surface area contributed by atoms with Gasteiger partial charge in [-0.05, 0) is 6.42 Å². The van der Waals surface area contributed by atoms with E-state index in [0.717, 1.165) is 19.3 Å². The van der Waals surface area contributed by atoms with Crippen molar-refractivity contribution in [3.8, 4) is 0 Å². The lowest BCUT2D eigenvalue weighted by molar-refractivity contribution is -0.153. The number of ether oxygens (including phenoxy) is 1. The molecule has 0 aliphatic carbocycles. The molecule has 132 valence electrons. The van der Waals surface area contributed by atoms with E-state index >= 15 is 0 Å². The maximum Gasteiger partial charge on any atom is 0.251 e. The normalized spacial score (nSPS) is 16.8. The van der Waals surface area contributed by atoms with Gasteiger partial charge in [-0.25, -0.2) is 0 Å². The SMILES string of the molecule is CCCCCCCCNC(=O)[C@H](OC)[C@@H](O)[C@H](O)[C@H](O)CO. The average Bonchev–Trinajstić information content (AvgIpc) is 2.52. The Kier molecular flexibility index (Phi) is 12.4. The largest absolute Gasteiger partial charge is 0.394 e. The molecule has 0 rings (SSSR count). The van der Waals surface area contributed by atoms with Gasteiger partial charge in [0.05, 0.1) is 6.61 Å². The minimum atomic E-state index is -1.66. The van der Waals surface area contributed by atoms with E-state index in [1.807, 2.05) is 0 Å². The second-order valence-electron chi connectivity index (χ2n) is 5.45. The topological polar surface area (TPSA) is 119 Å². The van der Waals surface area contributed by atoms with Crippen molar-refractivity contribution >= 4 is 5.91 Å². The summed E-state index contributed by atoms with van der Waals surface area (Å²) in [7, 11) is 1.23. The van der Waals surface area contributed by atoms with E-state index in [-0.39, 0.29) is 0 Å². The Balaban J connectivity index is 4.09. The van der Waals surface area contributed by atoms with Gasteiger partial charge in [0.25, 0.3) is 5.91 Å². The summed E-state index contributed by atoms with van der Waals surface area (Å²) in [4.78, 5) is 11.9. The van der Waals surface area contributed by atoms with Crippen LogP contribution in [0.3, 0.4) is 0 Å². The van der Waals surface area contributed by atoms with Crippen LogP contribution in [0.5, 0.6) is 0 Å². The third kappa shape index (κ3) is 8.05. The average molecular weight is 321 g/mol. The summed E-state index contributed by atoms with van der Waals surface area (Å²) in [6, 6.07) is 0. The lowest BCUT2D eigenvalue weighted by Crippen LogP contribution is -2.52. The number of unbranched alkanes of at least 4 members (excludes halogenated alkanes) is 5. The van der Waals surface area contributed by atoms with Gasteiger partial charge in [0.2, 0.25) is 0 Å². The quantitative estimate of drug-likeness (QED) is 0.293. The molecule has 1 amide bonds. The van der Waals surface area contributed by atoms with Crippen molar-refractivity contribution < 1.29 is 30.0 Å². The second-order valence-corrected chi connectivity index (χ2v) is 5.45. The van der Waals surface area contributed by atoms with Crippen LogP contribution in [0.25, 0.3) is 0 Å². The zero-order valence-corrected chi connectivity index (χ0v) is 13.6. The Bertz CT molecular complexity index is 289. The predicted molar refractivity (Wildman–Crippen MR) is 82.3 cm³/mol. The van der Waals surface area contributed by atoms with Gasteiger partial charge >= 0.3 is 0 Å². The molecular formula is C15H31NO6. The summed E-state index contributed by atoms with van der Waals surface area (Å²) in [6.07, 6.45) is 0.482. The highest BCUT2D eigenvalue weighted by molar-refractivity contribution is 5.81. The molecule has 0 unspecified atom stereocenters. The van der Waals surface area contributed by atoms with Crippen molar-refractivity contribution in [3.63, 3.8) is 0 Å². The molecule has 0 bridgehead atoms.